The van der Waals surface area contributed by atoms with E-state index in [0.717, 1.165) is 0 Å². The minimum atomic E-state index is -0.658. The second-order valence-corrected chi connectivity index (χ2v) is 5.32. The van der Waals surface area contributed by atoms with Gasteiger partial charge in [-0.05, 0) is 18.2 Å². The van der Waals surface area contributed by atoms with Crippen molar-refractivity contribution in [1.29, 1.82) is 0 Å². The quantitative estimate of drug-likeness (QED) is 0.747. The van der Waals surface area contributed by atoms with Crippen molar-refractivity contribution in [2.45, 2.75) is 24.4 Å². The molecule has 0 spiro atoms. The van der Waals surface area contributed by atoms with Crippen LogP contribution < -0.4 is 5.32 Å². The second-order valence-electron chi connectivity index (χ2n) is 5.32. The van der Waals surface area contributed by atoms with E-state index in [1.165, 1.54) is 13.2 Å². The summed E-state index contributed by atoms with van der Waals surface area (Å²) in [5.41, 5.74) is 0.660. The van der Waals surface area contributed by atoms with E-state index in [2.05, 4.69) is 10.1 Å². The van der Waals surface area contributed by atoms with Gasteiger partial charge in [-0.1, -0.05) is 6.07 Å². The van der Waals surface area contributed by atoms with Gasteiger partial charge in [0.1, 0.15) is 18.3 Å². The summed E-state index contributed by atoms with van der Waals surface area (Å²) in [6, 6.07) is 5.95. The molecular formula is C15H17NO6. The molecule has 0 unspecified atom stereocenters. The summed E-state index contributed by atoms with van der Waals surface area (Å²) in [4.78, 5) is 23.8. The predicted molar refractivity (Wildman–Crippen MR) is 74.5 cm³/mol. The minimum Gasteiger partial charge on any atom is -0.465 e. The molecule has 118 valence electrons. The molecule has 0 aliphatic carbocycles. The van der Waals surface area contributed by atoms with E-state index < -0.39 is 18.2 Å². The smallest absolute Gasteiger partial charge is 0.337 e. The van der Waals surface area contributed by atoms with Crippen LogP contribution >= 0.6 is 0 Å². The van der Waals surface area contributed by atoms with E-state index in [-0.39, 0.29) is 31.3 Å². The molecule has 1 aromatic carbocycles. The van der Waals surface area contributed by atoms with Crippen LogP contribution in [0.2, 0.25) is 0 Å². The first-order chi connectivity index (χ1) is 10.6. The molecule has 0 saturated carbocycles. The zero-order valence-corrected chi connectivity index (χ0v) is 12.0. The highest BCUT2D eigenvalue weighted by Crippen LogP contribution is 2.27. The first-order valence-corrected chi connectivity index (χ1v) is 7.00. The average molecular weight is 307 g/mol. The summed E-state index contributed by atoms with van der Waals surface area (Å²) in [6.07, 6.45) is -1.40. The Labute approximate surface area is 127 Å². The van der Waals surface area contributed by atoms with Gasteiger partial charge in [0.2, 0.25) is 0 Å². The maximum atomic E-state index is 12.3. The molecule has 0 aromatic heterocycles. The number of hydrogen-bond donors (Lipinski definition) is 2. The lowest BCUT2D eigenvalue weighted by Gasteiger charge is -2.17. The lowest BCUT2D eigenvalue weighted by Crippen LogP contribution is -2.44. The largest absolute Gasteiger partial charge is 0.465 e. The Balaban J connectivity index is 1.69. The Kier molecular flexibility index (Phi) is 4.10. The van der Waals surface area contributed by atoms with Gasteiger partial charge >= 0.3 is 5.97 Å². The third-order valence-electron chi connectivity index (χ3n) is 3.89. The van der Waals surface area contributed by atoms with Crippen molar-refractivity contribution in [3.05, 3.63) is 35.4 Å². The summed E-state index contributed by atoms with van der Waals surface area (Å²) >= 11 is 0. The molecule has 1 amide bonds. The van der Waals surface area contributed by atoms with Gasteiger partial charge in [0.15, 0.2) is 0 Å². The first kappa shape index (κ1) is 15.0. The highest BCUT2D eigenvalue weighted by atomic mass is 16.6. The highest BCUT2D eigenvalue weighted by Gasteiger charge is 2.47. The first-order valence-electron chi connectivity index (χ1n) is 7.00. The van der Waals surface area contributed by atoms with Crippen molar-refractivity contribution in [3.63, 3.8) is 0 Å². The van der Waals surface area contributed by atoms with E-state index in [1.807, 2.05) is 0 Å². The Bertz CT molecular complexity index is 589. The van der Waals surface area contributed by atoms with Crippen molar-refractivity contribution in [1.82, 2.24) is 5.32 Å². The van der Waals surface area contributed by atoms with E-state index in [0.29, 0.717) is 11.1 Å². The fourth-order valence-electron chi connectivity index (χ4n) is 2.76. The Hall–Kier alpha value is -1.96. The number of benzene rings is 1. The normalized spacial score (nSPS) is 29.9. The van der Waals surface area contributed by atoms with Gasteiger partial charge in [0.25, 0.3) is 5.91 Å². The number of carbonyl (C=O) groups excluding carboxylic acids is 2. The van der Waals surface area contributed by atoms with Crippen LogP contribution in [-0.4, -0.2) is 61.7 Å². The van der Waals surface area contributed by atoms with Crippen molar-refractivity contribution in [2.24, 2.45) is 0 Å². The SMILES string of the molecule is COC(=O)c1cccc(C(=O)N[C@@H]2CO[C@H]3[C@@H]2OC[C@H]3O)c1. The number of methoxy groups -OCH3 is 1. The highest BCUT2D eigenvalue weighted by molar-refractivity contribution is 5.98. The molecule has 2 saturated heterocycles. The number of aliphatic hydroxyl groups is 1. The van der Waals surface area contributed by atoms with Crippen LogP contribution in [0.15, 0.2) is 24.3 Å². The molecule has 4 atom stereocenters. The topological polar surface area (TPSA) is 94.1 Å². The van der Waals surface area contributed by atoms with Crippen LogP contribution in [0.4, 0.5) is 0 Å². The monoisotopic (exact) mass is 307 g/mol. The summed E-state index contributed by atoms with van der Waals surface area (Å²) in [6.45, 7) is 0.494. The maximum absolute atomic E-state index is 12.3. The predicted octanol–water partition coefficient (Wildman–Crippen LogP) is -0.270. The second kappa shape index (κ2) is 6.04. The molecule has 2 fully saturated rings. The molecule has 0 bridgehead atoms. The molecule has 2 aliphatic rings. The van der Waals surface area contributed by atoms with Crippen LogP contribution in [0.1, 0.15) is 20.7 Å². The number of aliphatic hydroxyl groups excluding tert-OH is 1. The third kappa shape index (κ3) is 2.70. The minimum absolute atomic E-state index is 0.208. The molecule has 0 radical (unpaired) electrons. The van der Waals surface area contributed by atoms with Gasteiger partial charge < -0.3 is 24.6 Å². The maximum Gasteiger partial charge on any atom is 0.337 e. The molecule has 2 N–H and O–H groups in total. The van der Waals surface area contributed by atoms with Crippen LogP contribution in [0.5, 0.6) is 0 Å². The number of carbonyl (C=O) groups is 2. The number of fused-ring (bicyclic) bond motifs is 1. The Morgan fingerprint density at radius 2 is 1.95 bits per heavy atom. The molecular weight excluding hydrogens is 290 g/mol. The molecule has 22 heavy (non-hydrogen) atoms. The number of hydrogen-bond acceptors (Lipinski definition) is 6. The van der Waals surface area contributed by atoms with Crippen LogP contribution in [-0.2, 0) is 14.2 Å². The summed E-state index contributed by atoms with van der Waals surface area (Å²) < 4.78 is 15.5. The standard InChI is InChI=1S/C15H17NO6/c1-20-15(19)9-4-2-3-8(5-9)14(18)16-10-6-21-13-11(17)7-22-12(10)13/h2-5,10-13,17H,6-7H2,1H3,(H,16,18)/t10-,11-,12-,13-/m1/s1. The lowest BCUT2D eigenvalue weighted by atomic mass is 10.1. The van der Waals surface area contributed by atoms with Gasteiger partial charge in [-0.2, -0.15) is 0 Å². The molecule has 7 nitrogen and oxygen atoms in total. The average Bonchev–Trinajstić information content (AvgIpc) is 3.10. The summed E-state index contributed by atoms with van der Waals surface area (Å²) in [5.74, 6) is -0.828. The Morgan fingerprint density at radius 3 is 2.73 bits per heavy atom. The van der Waals surface area contributed by atoms with Gasteiger partial charge in [-0.25, -0.2) is 4.79 Å². The molecule has 2 aliphatic heterocycles. The zero-order chi connectivity index (χ0) is 15.7. The molecule has 3 rings (SSSR count). The van der Waals surface area contributed by atoms with Gasteiger partial charge in [-0.15, -0.1) is 0 Å². The Morgan fingerprint density at radius 1 is 1.23 bits per heavy atom. The van der Waals surface area contributed by atoms with Crippen molar-refractivity contribution < 1.29 is 28.9 Å². The molecule has 2 heterocycles. The third-order valence-corrected chi connectivity index (χ3v) is 3.89. The zero-order valence-electron chi connectivity index (χ0n) is 12.0. The number of esters is 1. The molecule has 1 aromatic rings. The molecule has 7 heteroatoms. The van der Waals surface area contributed by atoms with E-state index in [1.54, 1.807) is 18.2 Å². The summed E-state index contributed by atoms with van der Waals surface area (Å²) in [5, 5.41) is 12.5. The summed E-state index contributed by atoms with van der Waals surface area (Å²) in [7, 11) is 1.29. The van der Waals surface area contributed by atoms with Crippen molar-refractivity contribution in [3.8, 4) is 0 Å². The fraction of sp³-hybridized carbons (Fsp3) is 0.467. The van der Waals surface area contributed by atoms with Crippen molar-refractivity contribution >= 4 is 11.9 Å². The van der Waals surface area contributed by atoms with E-state index >= 15 is 0 Å². The van der Waals surface area contributed by atoms with Crippen molar-refractivity contribution in [2.75, 3.05) is 20.3 Å². The van der Waals surface area contributed by atoms with Gasteiger partial charge in [-0.3, -0.25) is 4.79 Å². The van der Waals surface area contributed by atoms with Gasteiger partial charge in [0.05, 0.1) is 31.9 Å². The van der Waals surface area contributed by atoms with E-state index in [4.69, 9.17) is 9.47 Å². The van der Waals surface area contributed by atoms with Crippen LogP contribution in [0, 0.1) is 0 Å². The van der Waals surface area contributed by atoms with Crippen LogP contribution in [0.25, 0.3) is 0 Å². The fourth-order valence-corrected chi connectivity index (χ4v) is 2.76. The lowest BCUT2D eigenvalue weighted by molar-refractivity contribution is 0.0178. The number of rotatable bonds is 3. The van der Waals surface area contributed by atoms with E-state index in [9.17, 15) is 14.7 Å². The number of ether oxygens (including phenoxy) is 3. The number of nitrogens with one attached hydrogen (secondary N) is 1. The van der Waals surface area contributed by atoms with Gasteiger partial charge in [0, 0.05) is 5.56 Å². The van der Waals surface area contributed by atoms with Crippen LogP contribution in [0.3, 0.4) is 0 Å². The number of amides is 1.